The van der Waals surface area contributed by atoms with Crippen molar-refractivity contribution in [1.29, 1.82) is 10.5 Å². The van der Waals surface area contributed by atoms with Crippen LogP contribution in [0.1, 0.15) is 0 Å². The second kappa shape index (κ2) is 8.31. The molecule has 0 spiro atoms. The lowest BCUT2D eigenvalue weighted by atomic mass is 10.2. The smallest absolute Gasteiger partial charge is 0.146 e. The van der Waals surface area contributed by atoms with Crippen LogP contribution < -0.4 is 18.1 Å². The quantitative estimate of drug-likeness (QED) is 0.809. The molecular weight excluding hydrogens is 358 g/mol. The summed E-state index contributed by atoms with van der Waals surface area (Å²) in [5.41, 5.74) is 1.33. The van der Waals surface area contributed by atoms with Gasteiger partial charge in [-0.1, -0.05) is 6.08 Å². The van der Waals surface area contributed by atoms with Gasteiger partial charge in [-0.3, -0.25) is 0 Å². The highest BCUT2D eigenvalue weighted by molar-refractivity contribution is 7.08. The molecule has 0 aromatic carbocycles. The lowest BCUT2D eigenvalue weighted by Crippen LogP contribution is -2.03. The fourth-order valence-corrected chi connectivity index (χ4v) is 3.90. The molecule has 0 unspecified atom stereocenters. The minimum atomic E-state index is 0.160. The van der Waals surface area contributed by atoms with E-state index in [-0.39, 0.29) is 5.57 Å². The second-order valence-electron chi connectivity index (χ2n) is 5.50. The summed E-state index contributed by atoms with van der Waals surface area (Å²) in [6.07, 6.45) is 16.5. The molecule has 0 bridgehead atoms. The van der Waals surface area contributed by atoms with Crippen molar-refractivity contribution in [3.63, 3.8) is 0 Å². The molecule has 0 saturated heterocycles. The van der Waals surface area contributed by atoms with E-state index in [1.54, 1.807) is 11.3 Å². The van der Waals surface area contributed by atoms with Crippen molar-refractivity contribution < 1.29 is 0 Å². The third-order valence-corrected chi connectivity index (χ3v) is 5.68. The Morgan fingerprint density at radius 2 is 1.38 bits per heavy atom. The van der Waals surface area contributed by atoms with Gasteiger partial charge in [0, 0.05) is 33.0 Å². The summed E-state index contributed by atoms with van der Waals surface area (Å²) >= 11 is 3.16. The van der Waals surface area contributed by atoms with Crippen molar-refractivity contribution in [3.05, 3.63) is 78.6 Å². The highest BCUT2D eigenvalue weighted by Crippen LogP contribution is 2.07. The van der Waals surface area contributed by atoms with Crippen molar-refractivity contribution in [1.82, 2.24) is 4.90 Å². The predicted octanol–water partition coefficient (Wildman–Crippen LogP) is 1.95. The molecule has 0 radical (unpaired) electrons. The first-order valence-corrected chi connectivity index (χ1v) is 9.50. The lowest BCUT2D eigenvalue weighted by Gasteiger charge is -2.11. The molecule has 5 heteroatoms. The van der Waals surface area contributed by atoms with Gasteiger partial charge in [-0.05, 0) is 60.2 Å². The highest BCUT2D eigenvalue weighted by Gasteiger charge is 1.95. The zero-order valence-electron chi connectivity index (χ0n) is 14.1. The van der Waals surface area contributed by atoms with Crippen LogP contribution in [0.5, 0.6) is 0 Å². The van der Waals surface area contributed by atoms with Gasteiger partial charge in [-0.15, -0.1) is 22.7 Å². The van der Waals surface area contributed by atoms with Crippen molar-refractivity contribution in [2.24, 2.45) is 0 Å². The standard InChI is InChI=1S/C21H15N3S2/c1-24-12-10-16(11-13-24)2-3-18-4-5-19(25-18)6-7-20-8-9-21(26-20)17(14-22)15-23/h2-13H,1H3/b18-3+,19-6-,20-7+. The maximum atomic E-state index is 8.92. The maximum absolute atomic E-state index is 8.92. The number of rotatable bonds is 2. The lowest BCUT2D eigenvalue weighted by molar-refractivity contribution is 0.620. The fourth-order valence-electron chi connectivity index (χ4n) is 2.23. The van der Waals surface area contributed by atoms with Crippen molar-refractivity contribution in [2.45, 2.75) is 0 Å². The zero-order chi connectivity index (χ0) is 18.4. The first kappa shape index (κ1) is 17.7. The van der Waals surface area contributed by atoms with Gasteiger partial charge < -0.3 is 4.90 Å². The molecule has 3 rings (SSSR count). The first-order valence-electron chi connectivity index (χ1n) is 7.86. The van der Waals surface area contributed by atoms with E-state index < -0.39 is 0 Å². The van der Waals surface area contributed by atoms with E-state index in [0.29, 0.717) is 4.53 Å². The Labute approximate surface area is 159 Å². The van der Waals surface area contributed by atoms with Gasteiger partial charge in [-0.2, -0.15) is 10.5 Å². The van der Waals surface area contributed by atoms with E-state index in [0.717, 1.165) is 9.06 Å². The molecule has 1 aliphatic heterocycles. The molecule has 0 atom stereocenters. The van der Waals surface area contributed by atoms with E-state index >= 15 is 0 Å². The third-order valence-electron chi connectivity index (χ3n) is 3.60. The molecule has 1 aliphatic rings. The average molecular weight is 374 g/mol. The van der Waals surface area contributed by atoms with Crippen LogP contribution in [0.25, 0.3) is 23.8 Å². The summed E-state index contributed by atoms with van der Waals surface area (Å²) in [4.78, 5) is 2.01. The molecule has 0 fully saturated rings. The van der Waals surface area contributed by atoms with Crippen LogP contribution in [0.4, 0.5) is 0 Å². The van der Waals surface area contributed by atoms with Crippen LogP contribution in [0.3, 0.4) is 0 Å². The van der Waals surface area contributed by atoms with Gasteiger partial charge in [-0.25, -0.2) is 0 Å². The molecule has 0 amide bonds. The Hall–Kier alpha value is -3.12. The van der Waals surface area contributed by atoms with Crippen molar-refractivity contribution in [3.8, 4) is 12.1 Å². The molecular formula is C21H15N3S2. The molecule has 0 saturated carbocycles. The molecule has 2 aromatic rings. The molecule has 3 nitrogen and oxygen atoms in total. The van der Waals surface area contributed by atoms with Crippen LogP contribution in [-0.4, -0.2) is 11.9 Å². The van der Waals surface area contributed by atoms with Crippen LogP contribution in [-0.2, 0) is 0 Å². The normalized spacial score (nSPS) is 15.3. The molecule has 0 N–H and O–H groups in total. The number of hydrogen-bond acceptors (Lipinski definition) is 5. The van der Waals surface area contributed by atoms with Crippen LogP contribution in [0.2, 0.25) is 0 Å². The molecule has 3 heterocycles. The Bertz CT molecular complexity index is 1190. The molecule has 26 heavy (non-hydrogen) atoms. The second-order valence-corrected chi connectivity index (χ2v) is 7.77. The Balaban J connectivity index is 1.86. The average Bonchev–Trinajstić information content (AvgIpc) is 3.30. The summed E-state index contributed by atoms with van der Waals surface area (Å²) in [5.74, 6) is 0. The van der Waals surface area contributed by atoms with Gasteiger partial charge in [0.25, 0.3) is 0 Å². The maximum Gasteiger partial charge on any atom is 0.146 e. The van der Waals surface area contributed by atoms with E-state index in [9.17, 15) is 0 Å². The van der Waals surface area contributed by atoms with E-state index in [2.05, 4.69) is 42.5 Å². The largest absolute Gasteiger partial charge is 0.357 e. The SMILES string of the molecule is CN1C=CC(=C/C=c2\cc/c(=C/C=c3\ccc(=C(C#N)C#N)s3)s2)C=C1. The minimum absolute atomic E-state index is 0.160. The van der Waals surface area contributed by atoms with E-state index in [1.165, 1.54) is 21.4 Å². The summed E-state index contributed by atoms with van der Waals surface area (Å²) in [6.45, 7) is 0. The van der Waals surface area contributed by atoms with Crippen LogP contribution >= 0.6 is 22.7 Å². The van der Waals surface area contributed by atoms with Gasteiger partial charge in [0.1, 0.15) is 17.7 Å². The fraction of sp³-hybridized carbons (Fsp3) is 0.0476. The van der Waals surface area contributed by atoms with Crippen LogP contribution in [0, 0.1) is 22.7 Å². The van der Waals surface area contributed by atoms with Crippen molar-refractivity contribution >= 4 is 46.5 Å². The number of nitriles is 2. The van der Waals surface area contributed by atoms with E-state index in [1.807, 2.05) is 54.7 Å². The number of allylic oxidation sites excluding steroid dienone is 4. The summed E-state index contributed by atoms with van der Waals surface area (Å²) in [7, 11) is 2.00. The Morgan fingerprint density at radius 1 is 0.846 bits per heavy atom. The van der Waals surface area contributed by atoms with E-state index in [4.69, 9.17) is 10.5 Å². The van der Waals surface area contributed by atoms with Gasteiger partial charge in [0.2, 0.25) is 0 Å². The summed E-state index contributed by atoms with van der Waals surface area (Å²) < 4.78 is 4.07. The van der Waals surface area contributed by atoms with Gasteiger partial charge in [0.15, 0.2) is 0 Å². The van der Waals surface area contributed by atoms with Gasteiger partial charge >= 0.3 is 0 Å². The first-order chi connectivity index (χ1) is 12.7. The Morgan fingerprint density at radius 3 is 2.00 bits per heavy atom. The summed E-state index contributed by atoms with van der Waals surface area (Å²) in [6, 6.07) is 11.8. The predicted molar refractivity (Wildman–Crippen MR) is 109 cm³/mol. The third kappa shape index (κ3) is 4.49. The van der Waals surface area contributed by atoms with Crippen LogP contribution in [0.15, 0.2) is 60.5 Å². The highest BCUT2D eigenvalue weighted by atomic mass is 32.1. The molecule has 126 valence electrons. The number of thiophene rings is 2. The topological polar surface area (TPSA) is 50.8 Å². The van der Waals surface area contributed by atoms with Gasteiger partial charge in [0.05, 0.1) is 4.53 Å². The zero-order valence-corrected chi connectivity index (χ0v) is 15.7. The molecule has 2 aromatic heterocycles. The van der Waals surface area contributed by atoms with Crippen molar-refractivity contribution in [2.75, 3.05) is 7.05 Å². The number of nitrogens with zero attached hydrogens (tertiary/aromatic N) is 3. The summed E-state index contributed by atoms with van der Waals surface area (Å²) in [5, 5.41) is 17.8. The molecule has 0 aliphatic carbocycles. The number of hydrogen-bond donors (Lipinski definition) is 0. The monoisotopic (exact) mass is 373 g/mol. The Kier molecular flexibility index (Phi) is 5.66. The minimum Gasteiger partial charge on any atom is -0.357 e.